The van der Waals surface area contributed by atoms with Gasteiger partial charge in [-0.1, -0.05) is 23.4 Å². The van der Waals surface area contributed by atoms with Crippen LogP contribution in [-0.4, -0.2) is 27.3 Å². The van der Waals surface area contributed by atoms with Crippen molar-refractivity contribution in [2.45, 2.75) is 39.2 Å². The van der Waals surface area contributed by atoms with Crippen LogP contribution in [0.4, 0.5) is 0 Å². The van der Waals surface area contributed by atoms with Crippen LogP contribution >= 0.6 is 0 Å². The van der Waals surface area contributed by atoms with Gasteiger partial charge in [-0.2, -0.15) is 10.2 Å². The Labute approximate surface area is 173 Å². The van der Waals surface area contributed by atoms with Gasteiger partial charge >= 0.3 is 5.97 Å². The minimum atomic E-state index is -0.744. The molecule has 3 aromatic rings. The van der Waals surface area contributed by atoms with Crippen molar-refractivity contribution in [1.29, 1.82) is 5.26 Å². The molecule has 1 heterocycles. The monoisotopic (exact) mass is 403 g/mol. The van der Waals surface area contributed by atoms with Crippen LogP contribution in [0.2, 0.25) is 0 Å². The molecule has 152 valence electrons. The second-order valence-corrected chi connectivity index (χ2v) is 7.77. The van der Waals surface area contributed by atoms with E-state index in [2.05, 4.69) is 16.2 Å². The van der Waals surface area contributed by atoms with E-state index in [-0.39, 0.29) is 17.9 Å². The smallest absolute Gasteiger partial charge is 0.307 e. The van der Waals surface area contributed by atoms with Crippen LogP contribution < -0.4 is 4.74 Å². The number of nitriles is 1. The maximum absolute atomic E-state index is 11.1. The van der Waals surface area contributed by atoms with Gasteiger partial charge in [0.25, 0.3) is 5.89 Å². The van der Waals surface area contributed by atoms with Crippen LogP contribution in [0.5, 0.6) is 5.75 Å². The van der Waals surface area contributed by atoms with Crippen LogP contribution in [0, 0.1) is 24.2 Å². The Morgan fingerprint density at radius 3 is 2.73 bits per heavy atom. The summed E-state index contributed by atoms with van der Waals surface area (Å²) in [6, 6.07) is 13.1. The van der Waals surface area contributed by atoms with Gasteiger partial charge in [-0.15, -0.1) is 0 Å². The molecule has 30 heavy (non-hydrogen) atoms. The fourth-order valence-corrected chi connectivity index (χ4v) is 3.56. The Bertz CT molecular complexity index is 1160. The average molecular weight is 403 g/mol. The van der Waals surface area contributed by atoms with Crippen LogP contribution in [0.3, 0.4) is 0 Å². The molecule has 2 atom stereocenters. The lowest BCUT2D eigenvalue weighted by molar-refractivity contribution is -0.138. The number of benzene rings is 2. The molecule has 7 nitrogen and oxygen atoms in total. The predicted molar refractivity (Wildman–Crippen MR) is 109 cm³/mol. The van der Waals surface area contributed by atoms with Crippen LogP contribution in [-0.2, 0) is 4.79 Å². The van der Waals surface area contributed by atoms with Crippen molar-refractivity contribution in [3.63, 3.8) is 0 Å². The standard InChI is InChI=1S/C23H21N3O4/c1-12(2)29-20-7-5-15(9-16(20)11-24)22-25-21(26-30-22)17-6-4-14(8-13(17)3)18-10-19(18)23(27)28/h4-9,12,18-19H,10H2,1-3H3,(H,27,28)/t18-,19-/m1/s1. The number of ether oxygens (including phenoxy) is 1. The number of rotatable bonds is 6. The number of hydrogen-bond donors (Lipinski definition) is 1. The second kappa shape index (κ2) is 7.64. The minimum Gasteiger partial charge on any atom is -0.490 e. The number of carbonyl (C=O) groups is 1. The highest BCUT2D eigenvalue weighted by atomic mass is 16.5. The predicted octanol–water partition coefficient (Wildman–Crippen LogP) is 4.56. The van der Waals surface area contributed by atoms with Gasteiger partial charge in [0.05, 0.1) is 17.6 Å². The van der Waals surface area contributed by atoms with E-state index in [9.17, 15) is 10.1 Å². The number of aryl methyl sites for hydroxylation is 1. The molecular weight excluding hydrogens is 382 g/mol. The van der Waals surface area contributed by atoms with Gasteiger partial charge in [0.1, 0.15) is 11.8 Å². The topological polar surface area (TPSA) is 109 Å². The lowest BCUT2D eigenvalue weighted by Crippen LogP contribution is -2.06. The number of aromatic nitrogens is 2. The van der Waals surface area contributed by atoms with E-state index in [4.69, 9.17) is 14.4 Å². The zero-order valence-corrected chi connectivity index (χ0v) is 16.9. The van der Waals surface area contributed by atoms with Gasteiger partial charge in [0, 0.05) is 11.1 Å². The fraction of sp³-hybridized carbons (Fsp3) is 0.304. The van der Waals surface area contributed by atoms with Crippen molar-refractivity contribution in [1.82, 2.24) is 10.1 Å². The first kappa shape index (κ1) is 19.6. The third-order valence-electron chi connectivity index (χ3n) is 5.16. The molecule has 0 saturated heterocycles. The van der Waals surface area contributed by atoms with Gasteiger partial charge < -0.3 is 14.4 Å². The number of hydrogen-bond acceptors (Lipinski definition) is 6. The Hall–Kier alpha value is -3.66. The molecule has 2 aromatic carbocycles. The molecule has 0 radical (unpaired) electrons. The molecule has 0 bridgehead atoms. The minimum absolute atomic E-state index is 0.0367. The summed E-state index contributed by atoms with van der Waals surface area (Å²) < 4.78 is 11.1. The fourth-order valence-electron chi connectivity index (χ4n) is 3.56. The van der Waals surface area contributed by atoms with Crippen molar-refractivity contribution < 1.29 is 19.2 Å². The molecule has 1 fully saturated rings. The van der Waals surface area contributed by atoms with Crippen molar-refractivity contribution >= 4 is 5.97 Å². The highest BCUT2D eigenvalue weighted by Gasteiger charge is 2.44. The second-order valence-electron chi connectivity index (χ2n) is 7.77. The number of carboxylic acids is 1. The molecule has 0 amide bonds. The highest BCUT2D eigenvalue weighted by molar-refractivity contribution is 5.75. The Kier molecular flexibility index (Phi) is 5.00. The van der Waals surface area contributed by atoms with Crippen molar-refractivity contribution in [3.05, 3.63) is 53.1 Å². The first-order chi connectivity index (χ1) is 14.4. The number of aliphatic carboxylic acids is 1. The molecule has 0 spiro atoms. The van der Waals surface area contributed by atoms with Crippen LogP contribution in [0.15, 0.2) is 40.9 Å². The van der Waals surface area contributed by atoms with E-state index in [1.807, 2.05) is 39.0 Å². The zero-order valence-electron chi connectivity index (χ0n) is 16.9. The molecule has 1 aromatic heterocycles. The molecule has 7 heteroatoms. The number of nitrogens with zero attached hydrogens (tertiary/aromatic N) is 3. The van der Waals surface area contributed by atoms with Crippen LogP contribution in [0.1, 0.15) is 42.9 Å². The molecular formula is C23H21N3O4. The third kappa shape index (κ3) is 3.77. The molecule has 0 unspecified atom stereocenters. The van der Waals surface area contributed by atoms with E-state index in [1.54, 1.807) is 18.2 Å². The summed E-state index contributed by atoms with van der Waals surface area (Å²) in [6.07, 6.45) is 0.642. The molecule has 1 saturated carbocycles. The van der Waals surface area contributed by atoms with Crippen LogP contribution in [0.25, 0.3) is 22.8 Å². The molecule has 1 aliphatic rings. The Balaban J connectivity index is 1.59. The van der Waals surface area contributed by atoms with E-state index >= 15 is 0 Å². The van der Waals surface area contributed by atoms with Crippen molar-refractivity contribution in [2.75, 3.05) is 0 Å². The van der Waals surface area contributed by atoms with Gasteiger partial charge in [-0.3, -0.25) is 4.79 Å². The van der Waals surface area contributed by atoms with Crippen molar-refractivity contribution in [2.24, 2.45) is 5.92 Å². The lowest BCUT2D eigenvalue weighted by Gasteiger charge is -2.11. The zero-order chi connectivity index (χ0) is 21.4. The van der Waals surface area contributed by atoms with E-state index < -0.39 is 5.97 Å². The largest absolute Gasteiger partial charge is 0.490 e. The van der Waals surface area contributed by atoms with E-state index in [1.165, 1.54) is 0 Å². The Morgan fingerprint density at radius 2 is 2.10 bits per heavy atom. The van der Waals surface area contributed by atoms with E-state index in [0.717, 1.165) is 16.7 Å². The molecule has 4 rings (SSSR count). The van der Waals surface area contributed by atoms with Gasteiger partial charge in [0.2, 0.25) is 5.82 Å². The first-order valence-electron chi connectivity index (χ1n) is 9.76. The maximum atomic E-state index is 11.1. The van der Waals surface area contributed by atoms with Gasteiger partial charge in [0.15, 0.2) is 0 Å². The summed E-state index contributed by atoms with van der Waals surface area (Å²) in [5.74, 6) is 0.319. The summed E-state index contributed by atoms with van der Waals surface area (Å²) in [6.45, 7) is 5.74. The normalized spacial score (nSPS) is 17.6. The van der Waals surface area contributed by atoms with Crippen molar-refractivity contribution in [3.8, 4) is 34.7 Å². The Morgan fingerprint density at radius 1 is 1.30 bits per heavy atom. The summed E-state index contributed by atoms with van der Waals surface area (Å²) in [5, 5.41) is 22.6. The lowest BCUT2D eigenvalue weighted by atomic mass is 10.0. The molecule has 1 N–H and O–H groups in total. The maximum Gasteiger partial charge on any atom is 0.307 e. The van der Waals surface area contributed by atoms with E-state index in [0.29, 0.717) is 35.0 Å². The average Bonchev–Trinajstić information content (AvgIpc) is 3.38. The van der Waals surface area contributed by atoms with Gasteiger partial charge in [-0.05, 0) is 62.4 Å². The number of carboxylic acid groups (broad SMARTS) is 1. The summed E-state index contributed by atoms with van der Waals surface area (Å²) in [7, 11) is 0. The quantitative estimate of drug-likeness (QED) is 0.642. The molecule has 1 aliphatic carbocycles. The first-order valence-corrected chi connectivity index (χ1v) is 9.76. The molecule has 0 aliphatic heterocycles. The summed E-state index contributed by atoms with van der Waals surface area (Å²) in [4.78, 5) is 15.6. The SMILES string of the molecule is Cc1cc([C@H]2C[C@H]2C(=O)O)ccc1-c1noc(-c2ccc(OC(C)C)c(C#N)c2)n1. The third-order valence-corrected chi connectivity index (χ3v) is 5.16. The summed E-state index contributed by atoms with van der Waals surface area (Å²) >= 11 is 0. The summed E-state index contributed by atoms with van der Waals surface area (Å²) in [5.41, 5.74) is 3.83. The van der Waals surface area contributed by atoms with Gasteiger partial charge in [-0.25, -0.2) is 0 Å². The highest BCUT2D eigenvalue weighted by Crippen LogP contribution is 2.48.